The van der Waals surface area contributed by atoms with Gasteiger partial charge in [-0.2, -0.15) is 5.10 Å². The number of rotatable bonds is 6. The van der Waals surface area contributed by atoms with Gasteiger partial charge < -0.3 is 10.1 Å². The summed E-state index contributed by atoms with van der Waals surface area (Å²) >= 11 is 0. The second-order valence-corrected chi connectivity index (χ2v) is 9.58. The van der Waals surface area contributed by atoms with Crippen molar-refractivity contribution in [2.75, 3.05) is 23.9 Å². The summed E-state index contributed by atoms with van der Waals surface area (Å²) in [5, 5.41) is 7.56. The minimum Gasteiger partial charge on any atom is -0.497 e. The van der Waals surface area contributed by atoms with E-state index in [-0.39, 0.29) is 29.9 Å². The van der Waals surface area contributed by atoms with Crippen LogP contribution in [0.4, 0.5) is 5.82 Å². The Hall–Kier alpha value is -3.13. The molecule has 2 aromatic carbocycles. The van der Waals surface area contributed by atoms with Crippen molar-refractivity contribution >= 4 is 21.6 Å². The first-order valence-electron chi connectivity index (χ1n) is 9.72. The highest BCUT2D eigenvalue weighted by Gasteiger charge is 2.31. The summed E-state index contributed by atoms with van der Waals surface area (Å²) < 4.78 is 30.8. The average molecular weight is 426 g/mol. The largest absolute Gasteiger partial charge is 0.497 e. The fourth-order valence-corrected chi connectivity index (χ4v) is 5.30. The van der Waals surface area contributed by atoms with E-state index in [4.69, 9.17) is 4.74 Å². The van der Waals surface area contributed by atoms with Gasteiger partial charge in [0.05, 0.1) is 36.8 Å². The van der Waals surface area contributed by atoms with Gasteiger partial charge >= 0.3 is 0 Å². The molecule has 8 heteroatoms. The molecule has 0 bridgehead atoms. The van der Waals surface area contributed by atoms with Gasteiger partial charge in [0.15, 0.2) is 9.84 Å². The SMILES string of the molecule is COc1ccc(-c2cc(NC(=O)Cc3ccccc3)n(C3CCS(=O)(=O)C3)n2)cc1. The molecule has 0 saturated carbocycles. The molecule has 3 aromatic rings. The van der Waals surface area contributed by atoms with E-state index in [1.54, 1.807) is 17.9 Å². The van der Waals surface area contributed by atoms with Crippen LogP contribution in [-0.4, -0.2) is 42.7 Å². The number of hydrogen-bond acceptors (Lipinski definition) is 5. The van der Waals surface area contributed by atoms with Crippen molar-refractivity contribution in [3.8, 4) is 17.0 Å². The highest BCUT2D eigenvalue weighted by molar-refractivity contribution is 7.91. The zero-order valence-electron chi connectivity index (χ0n) is 16.6. The molecule has 30 heavy (non-hydrogen) atoms. The molecule has 0 aliphatic carbocycles. The van der Waals surface area contributed by atoms with E-state index in [0.717, 1.165) is 16.9 Å². The number of nitrogens with zero attached hydrogens (tertiary/aromatic N) is 2. The van der Waals surface area contributed by atoms with Gasteiger partial charge in [-0.05, 0) is 36.2 Å². The molecule has 156 valence electrons. The summed E-state index contributed by atoms with van der Waals surface area (Å²) in [6.45, 7) is 0. The molecular weight excluding hydrogens is 402 g/mol. The lowest BCUT2D eigenvalue weighted by Crippen LogP contribution is -2.20. The number of amides is 1. The Kier molecular flexibility index (Phi) is 5.59. The van der Waals surface area contributed by atoms with Crippen molar-refractivity contribution in [1.82, 2.24) is 9.78 Å². The molecular formula is C22H23N3O4S. The van der Waals surface area contributed by atoms with Gasteiger partial charge in [-0.25, -0.2) is 13.1 Å². The topological polar surface area (TPSA) is 90.3 Å². The predicted octanol–water partition coefficient (Wildman–Crippen LogP) is 3.10. The van der Waals surface area contributed by atoms with E-state index in [0.29, 0.717) is 17.9 Å². The second-order valence-electron chi connectivity index (χ2n) is 7.36. The second kappa shape index (κ2) is 8.31. The molecule has 1 N–H and O–H groups in total. The van der Waals surface area contributed by atoms with Gasteiger partial charge in [-0.15, -0.1) is 0 Å². The summed E-state index contributed by atoms with van der Waals surface area (Å²) in [5.41, 5.74) is 2.42. The van der Waals surface area contributed by atoms with Crippen LogP contribution in [0.3, 0.4) is 0 Å². The molecule has 1 aromatic heterocycles. The minimum absolute atomic E-state index is 0.0261. The molecule has 1 aliphatic rings. The Morgan fingerprint density at radius 1 is 1.17 bits per heavy atom. The lowest BCUT2D eigenvalue weighted by Gasteiger charge is -2.13. The van der Waals surface area contributed by atoms with Crippen LogP contribution in [-0.2, 0) is 21.1 Å². The van der Waals surface area contributed by atoms with E-state index >= 15 is 0 Å². The zero-order valence-corrected chi connectivity index (χ0v) is 17.4. The van der Waals surface area contributed by atoms with Crippen molar-refractivity contribution in [2.45, 2.75) is 18.9 Å². The van der Waals surface area contributed by atoms with Gasteiger partial charge in [-0.1, -0.05) is 30.3 Å². The van der Waals surface area contributed by atoms with E-state index in [1.807, 2.05) is 54.6 Å². The third-order valence-electron chi connectivity index (χ3n) is 5.15. The first kappa shape index (κ1) is 20.2. The summed E-state index contributed by atoms with van der Waals surface area (Å²) in [6, 6.07) is 18.4. The Bertz CT molecular complexity index is 1140. The number of carbonyl (C=O) groups excluding carboxylic acids is 1. The summed E-state index contributed by atoms with van der Waals surface area (Å²) in [5.74, 6) is 1.22. The summed E-state index contributed by atoms with van der Waals surface area (Å²) in [4.78, 5) is 12.6. The maximum atomic E-state index is 12.6. The Labute approximate surface area is 175 Å². The number of carbonyl (C=O) groups is 1. The fourth-order valence-electron chi connectivity index (χ4n) is 3.61. The number of methoxy groups -OCH3 is 1. The van der Waals surface area contributed by atoms with E-state index in [1.165, 1.54) is 0 Å². The fraction of sp³-hybridized carbons (Fsp3) is 0.273. The maximum Gasteiger partial charge on any atom is 0.229 e. The van der Waals surface area contributed by atoms with Crippen LogP contribution in [0.1, 0.15) is 18.0 Å². The Morgan fingerprint density at radius 3 is 2.53 bits per heavy atom. The lowest BCUT2D eigenvalue weighted by molar-refractivity contribution is -0.115. The first-order valence-corrected chi connectivity index (χ1v) is 11.5. The Balaban J connectivity index is 1.62. The number of sulfone groups is 1. The van der Waals surface area contributed by atoms with Crippen molar-refractivity contribution in [3.63, 3.8) is 0 Å². The molecule has 1 fully saturated rings. The van der Waals surface area contributed by atoms with Crippen LogP contribution in [0.15, 0.2) is 60.7 Å². The summed E-state index contributed by atoms with van der Waals surface area (Å²) in [6.07, 6.45) is 0.709. The standard InChI is InChI=1S/C22H23N3O4S/c1-29-19-9-7-17(8-10-19)20-14-21(23-22(26)13-16-5-3-2-4-6-16)25(24-20)18-11-12-30(27,28)15-18/h2-10,14,18H,11-13,15H2,1H3,(H,23,26). The van der Waals surface area contributed by atoms with Crippen molar-refractivity contribution in [2.24, 2.45) is 0 Å². The van der Waals surface area contributed by atoms with Crippen molar-refractivity contribution in [1.29, 1.82) is 0 Å². The maximum absolute atomic E-state index is 12.6. The van der Waals surface area contributed by atoms with Crippen LogP contribution in [0.5, 0.6) is 5.75 Å². The normalized spacial score (nSPS) is 17.6. The van der Waals surface area contributed by atoms with E-state index in [2.05, 4.69) is 10.4 Å². The third-order valence-corrected chi connectivity index (χ3v) is 6.90. The van der Waals surface area contributed by atoms with Gasteiger partial charge in [0.25, 0.3) is 0 Å². The van der Waals surface area contributed by atoms with Crippen LogP contribution >= 0.6 is 0 Å². The van der Waals surface area contributed by atoms with E-state index in [9.17, 15) is 13.2 Å². The average Bonchev–Trinajstić information content (AvgIpc) is 3.31. The number of hydrogen-bond donors (Lipinski definition) is 1. The molecule has 0 spiro atoms. The summed E-state index contributed by atoms with van der Waals surface area (Å²) in [7, 11) is -1.49. The van der Waals surface area contributed by atoms with Crippen molar-refractivity contribution in [3.05, 3.63) is 66.2 Å². The zero-order chi connectivity index (χ0) is 21.1. The molecule has 1 aliphatic heterocycles. The molecule has 2 heterocycles. The van der Waals surface area contributed by atoms with E-state index < -0.39 is 9.84 Å². The number of anilines is 1. The van der Waals surface area contributed by atoms with Gasteiger partial charge in [0.1, 0.15) is 11.6 Å². The molecule has 0 radical (unpaired) electrons. The molecule has 7 nitrogen and oxygen atoms in total. The van der Waals surface area contributed by atoms with Gasteiger partial charge in [-0.3, -0.25) is 4.79 Å². The van der Waals surface area contributed by atoms with Gasteiger partial charge in [0.2, 0.25) is 5.91 Å². The third kappa shape index (κ3) is 4.54. The first-order chi connectivity index (χ1) is 14.4. The van der Waals surface area contributed by atoms with Crippen LogP contribution in [0, 0.1) is 0 Å². The molecule has 4 rings (SSSR count). The monoisotopic (exact) mass is 425 g/mol. The van der Waals surface area contributed by atoms with Crippen LogP contribution in [0.25, 0.3) is 11.3 Å². The molecule has 1 amide bonds. The minimum atomic E-state index is -3.09. The number of aromatic nitrogens is 2. The highest BCUT2D eigenvalue weighted by atomic mass is 32.2. The molecule has 1 saturated heterocycles. The quantitative estimate of drug-likeness (QED) is 0.655. The number of benzene rings is 2. The number of ether oxygens (including phenoxy) is 1. The van der Waals surface area contributed by atoms with Crippen LogP contribution < -0.4 is 10.1 Å². The number of nitrogens with one attached hydrogen (secondary N) is 1. The highest BCUT2D eigenvalue weighted by Crippen LogP contribution is 2.31. The molecule has 1 unspecified atom stereocenters. The smallest absolute Gasteiger partial charge is 0.229 e. The lowest BCUT2D eigenvalue weighted by atomic mass is 10.1. The van der Waals surface area contributed by atoms with Gasteiger partial charge in [0, 0.05) is 11.6 Å². The van der Waals surface area contributed by atoms with Crippen LogP contribution in [0.2, 0.25) is 0 Å². The molecule has 1 atom stereocenters. The predicted molar refractivity (Wildman–Crippen MR) is 115 cm³/mol. The van der Waals surface area contributed by atoms with Crippen molar-refractivity contribution < 1.29 is 17.9 Å². The Morgan fingerprint density at radius 2 is 1.90 bits per heavy atom.